The van der Waals surface area contributed by atoms with Crippen LogP contribution in [0.4, 0.5) is 0 Å². The van der Waals surface area contributed by atoms with Crippen LogP contribution in [0.5, 0.6) is 0 Å². The van der Waals surface area contributed by atoms with E-state index in [9.17, 15) is 9.90 Å². The van der Waals surface area contributed by atoms with Crippen LogP contribution in [-0.2, 0) is 16.9 Å². The molecule has 0 saturated heterocycles. The third kappa shape index (κ3) is 2.71. The van der Waals surface area contributed by atoms with Crippen molar-refractivity contribution >= 4 is 0 Å². The van der Waals surface area contributed by atoms with Gasteiger partial charge in [-0.15, -0.1) is 0 Å². The second kappa shape index (κ2) is 4.80. The van der Waals surface area contributed by atoms with Crippen molar-refractivity contribution in [2.75, 3.05) is 13.7 Å². The van der Waals surface area contributed by atoms with Gasteiger partial charge in [-0.2, -0.15) is 0 Å². The molecule has 1 aromatic heterocycles. The molecule has 0 aliphatic rings. The van der Waals surface area contributed by atoms with Crippen LogP contribution in [0.1, 0.15) is 25.1 Å². The van der Waals surface area contributed by atoms with Crippen LogP contribution >= 0.6 is 0 Å². The summed E-state index contributed by atoms with van der Waals surface area (Å²) in [6, 6.07) is 3.52. The Labute approximate surface area is 95.5 Å². The maximum Gasteiger partial charge on any atom is 0.256 e. The van der Waals surface area contributed by atoms with Crippen LogP contribution in [0.3, 0.4) is 0 Å². The van der Waals surface area contributed by atoms with Crippen molar-refractivity contribution in [3.05, 3.63) is 33.7 Å². The molecule has 1 aromatic rings. The van der Waals surface area contributed by atoms with Crippen LogP contribution in [0.25, 0.3) is 0 Å². The van der Waals surface area contributed by atoms with Gasteiger partial charge in [0.15, 0.2) is 0 Å². The first-order valence-electron chi connectivity index (χ1n) is 5.30. The number of methoxy groups -OCH3 is 1. The molecule has 1 rings (SSSR count). The summed E-state index contributed by atoms with van der Waals surface area (Å²) in [5, 5.41) is 9.87. The second-order valence-corrected chi connectivity index (χ2v) is 4.40. The third-order valence-electron chi connectivity index (χ3n) is 2.57. The number of aromatic nitrogens is 1. The summed E-state index contributed by atoms with van der Waals surface area (Å²) in [6.45, 7) is 6.08. The fraction of sp³-hybridized carbons (Fsp3) is 0.583. The Morgan fingerprint density at radius 1 is 1.44 bits per heavy atom. The van der Waals surface area contributed by atoms with Crippen LogP contribution < -0.4 is 5.56 Å². The van der Waals surface area contributed by atoms with E-state index in [4.69, 9.17) is 4.74 Å². The molecule has 0 amide bonds. The number of pyridine rings is 1. The highest BCUT2D eigenvalue weighted by Crippen LogP contribution is 2.15. The molecule has 0 aromatic carbocycles. The number of nitrogens with zero attached hydrogens (tertiary/aromatic N) is 1. The average molecular weight is 225 g/mol. The molecule has 1 N–H and O–H groups in total. The summed E-state index contributed by atoms with van der Waals surface area (Å²) >= 11 is 0. The van der Waals surface area contributed by atoms with E-state index in [0.717, 1.165) is 5.69 Å². The molecule has 0 radical (unpaired) electrons. The zero-order valence-electron chi connectivity index (χ0n) is 10.3. The minimum atomic E-state index is -1.11. The normalized spacial score (nSPS) is 11.8. The van der Waals surface area contributed by atoms with Gasteiger partial charge in [0.25, 0.3) is 5.56 Å². The summed E-state index contributed by atoms with van der Waals surface area (Å²) in [5.74, 6) is 0. The highest BCUT2D eigenvalue weighted by molar-refractivity contribution is 5.20. The number of ether oxygens (including phenoxy) is 1. The Balaban J connectivity index is 3.22. The maximum absolute atomic E-state index is 12.1. The fourth-order valence-corrected chi connectivity index (χ4v) is 1.60. The molecule has 0 fully saturated rings. The van der Waals surface area contributed by atoms with Gasteiger partial charge in [-0.1, -0.05) is 0 Å². The predicted octanol–water partition coefficient (Wildman–Crippen LogP) is 1.03. The van der Waals surface area contributed by atoms with Crippen LogP contribution in [0, 0.1) is 6.92 Å². The standard InChI is InChI=1S/C12H19NO3/c1-9-5-6-10(12(2,3)15)11(14)13(9)7-8-16-4/h5-6,15H,7-8H2,1-4H3. The highest BCUT2D eigenvalue weighted by Gasteiger charge is 2.21. The summed E-state index contributed by atoms with van der Waals surface area (Å²) in [5.41, 5.74) is 0.0216. The molecule has 0 spiro atoms. The highest BCUT2D eigenvalue weighted by atomic mass is 16.5. The van der Waals surface area contributed by atoms with Gasteiger partial charge >= 0.3 is 0 Å². The summed E-state index contributed by atoms with van der Waals surface area (Å²) < 4.78 is 6.58. The molecule has 16 heavy (non-hydrogen) atoms. The molecule has 0 atom stereocenters. The van der Waals surface area contributed by atoms with Gasteiger partial charge in [-0.3, -0.25) is 4.79 Å². The van der Waals surface area contributed by atoms with Gasteiger partial charge in [-0.05, 0) is 32.9 Å². The lowest BCUT2D eigenvalue weighted by atomic mass is 10.00. The molecular formula is C12H19NO3. The second-order valence-electron chi connectivity index (χ2n) is 4.40. The molecule has 0 unspecified atom stereocenters. The Bertz CT molecular complexity index is 415. The van der Waals surface area contributed by atoms with E-state index in [1.807, 2.05) is 13.0 Å². The summed E-state index contributed by atoms with van der Waals surface area (Å²) in [6.07, 6.45) is 0. The van der Waals surface area contributed by atoms with Gasteiger partial charge in [0.2, 0.25) is 0 Å². The van der Waals surface area contributed by atoms with Crippen molar-refractivity contribution in [2.45, 2.75) is 32.9 Å². The summed E-state index contributed by atoms with van der Waals surface area (Å²) in [4.78, 5) is 12.1. The Hall–Kier alpha value is -1.13. The predicted molar refractivity (Wildman–Crippen MR) is 62.6 cm³/mol. The number of hydrogen-bond acceptors (Lipinski definition) is 3. The van der Waals surface area contributed by atoms with Gasteiger partial charge in [0.05, 0.1) is 12.2 Å². The van der Waals surface area contributed by atoms with Gasteiger partial charge in [0, 0.05) is 24.9 Å². The minimum absolute atomic E-state index is 0.149. The maximum atomic E-state index is 12.1. The van der Waals surface area contributed by atoms with Gasteiger partial charge < -0.3 is 14.4 Å². The first-order chi connectivity index (χ1) is 7.38. The topological polar surface area (TPSA) is 51.5 Å². The van der Waals surface area contributed by atoms with Crippen molar-refractivity contribution in [1.29, 1.82) is 0 Å². The average Bonchev–Trinajstić information content (AvgIpc) is 2.15. The number of hydrogen-bond donors (Lipinski definition) is 1. The fourth-order valence-electron chi connectivity index (χ4n) is 1.60. The van der Waals surface area contributed by atoms with E-state index in [1.54, 1.807) is 31.6 Å². The van der Waals surface area contributed by atoms with E-state index in [1.165, 1.54) is 0 Å². The quantitative estimate of drug-likeness (QED) is 0.832. The lowest BCUT2D eigenvalue weighted by Crippen LogP contribution is -2.33. The Morgan fingerprint density at radius 3 is 2.56 bits per heavy atom. The van der Waals surface area contributed by atoms with Crippen molar-refractivity contribution in [3.63, 3.8) is 0 Å². The molecule has 1 heterocycles. The summed E-state index contributed by atoms with van der Waals surface area (Å²) in [7, 11) is 1.60. The minimum Gasteiger partial charge on any atom is -0.386 e. The molecule has 0 bridgehead atoms. The zero-order valence-corrected chi connectivity index (χ0v) is 10.3. The number of aliphatic hydroxyl groups is 1. The van der Waals surface area contributed by atoms with E-state index in [2.05, 4.69) is 0 Å². The lowest BCUT2D eigenvalue weighted by molar-refractivity contribution is 0.0761. The molecule has 90 valence electrons. The van der Waals surface area contributed by atoms with E-state index in [0.29, 0.717) is 18.7 Å². The Morgan fingerprint density at radius 2 is 2.06 bits per heavy atom. The Kier molecular flexibility index (Phi) is 3.88. The number of aryl methyl sites for hydroxylation is 1. The SMILES string of the molecule is COCCn1c(C)ccc(C(C)(C)O)c1=O. The molecule has 0 aliphatic heterocycles. The first-order valence-corrected chi connectivity index (χ1v) is 5.30. The third-order valence-corrected chi connectivity index (χ3v) is 2.57. The van der Waals surface area contributed by atoms with Crippen LogP contribution in [0.2, 0.25) is 0 Å². The van der Waals surface area contributed by atoms with E-state index in [-0.39, 0.29) is 5.56 Å². The molecule has 4 heteroatoms. The lowest BCUT2D eigenvalue weighted by Gasteiger charge is -2.19. The number of rotatable bonds is 4. The smallest absolute Gasteiger partial charge is 0.256 e. The monoisotopic (exact) mass is 225 g/mol. The van der Waals surface area contributed by atoms with Crippen molar-refractivity contribution in [2.24, 2.45) is 0 Å². The zero-order chi connectivity index (χ0) is 12.3. The molecule has 0 saturated carbocycles. The van der Waals surface area contributed by atoms with Crippen molar-refractivity contribution in [1.82, 2.24) is 4.57 Å². The van der Waals surface area contributed by atoms with Crippen LogP contribution in [0.15, 0.2) is 16.9 Å². The van der Waals surface area contributed by atoms with E-state index >= 15 is 0 Å². The molecular weight excluding hydrogens is 206 g/mol. The molecule has 4 nitrogen and oxygen atoms in total. The molecule has 0 aliphatic carbocycles. The first kappa shape index (κ1) is 12.9. The largest absolute Gasteiger partial charge is 0.386 e. The van der Waals surface area contributed by atoms with Crippen molar-refractivity contribution < 1.29 is 9.84 Å². The van der Waals surface area contributed by atoms with Crippen LogP contribution in [-0.4, -0.2) is 23.4 Å². The van der Waals surface area contributed by atoms with Gasteiger partial charge in [0.1, 0.15) is 0 Å². The van der Waals surface area contributed by atoms with E-state index < -0.39 is 5.60 Å². The van der Waals surface area contributed by atoms with Gasteiger partial charge in [-0.25, -0.2) is 0 Å². The van der Waals surface area contributed by atoms with Crippen molar-refractivity contribution in [3.8, 4) is 0 Å².